The largest absolute Gasteiger partial charge is 0.462 e. The molecule has 146 valence electrons. The Labute approximate surface area is 165 Å². The summed E-state index contributed by atoms with van der Waals surface area (Å²) in [5, 5.41) is 12.3. The first-order valence-electron chi connectivity index (χ1n) is 10.2. The minimum absolute atomic E-state index is 0.0350. The number of benzene rings is 1. The molecule has 0 saturated heterocycles. The average Bonchev–Trinajstić information content (AvgIpc) is 2.66. The van der Waals surface area contributed by atoms with E-state index >= 15 is 0 Å². The Balaban J connectivity index is 1.44. The van der Waals surface area contributed by atoms with Gasteiger partial charge < -0.3 is 10.1 Å². The molecule has 4 saturated carbocycles. The highest BCUT2D eigenvalue weighted by Gasteiger charge is 2.54. The number of ether oxygens (including phenoxy) is 1. The van der Waals surface area contributed by atoms with Crippen LogP contribution in [0, 0.1) is 34.5 Å². The zero-order chi connectivity index (χ0) is 19.7. The van der Waals surface area contributed by atoms with Crippen molar-refractivity contribution in [2.24, 2.45) is 23.2 Å². The van der Waals surface area contributed by atoms with Crippen LogP contribution in [0.25, 0.3) is 6.08 Å². The fourth-order valence-electron chi connectivity index (χ4n) is 5.83. The number of esters is 1. The summed E-state index contributed by atoms with van der Waals surface area (Å²) in [6, 6.07) is 9.12. The third-order valence-electron chi connectivity index (χ3n) is 6.62. The number of hydrogen-bond donors (Lipinski definition) is 1. The molecular weight excluding hydrogens is 352 g/mol. The second-order valence-electron chi connectivity index (χ2n) is 8.66. The van der Waals surface area contributed by atoms with Crippen molar-refractivity contribution >= 4 is 23.6 Å². The number of nitriles is 1. The lowest BCUT2D eigenvalue weighted by Gasteiger charge is -2.55. The normalized spacial score (nSPS) is 30.6. The van der Waals surface area contributed by atoms with Gasteiger partial charge in [-0.3, -0.25) is 4.79 Å². The Morgan fingerprint density at radius 2 is 1.71 bits per heavy atom. The Morgan fingerprint density at radius 1 is 1.14 bits per heavy atom. The highest BCUT2D eigenvalue weighted by molar-refractivity contribution is 5.98. The molecule has 4 aliphatic rings. The minimum atomic E-state index is -0.621. The molecule has 5 heteroatoms. The Bertz CT molecular complexity index is 812. The van der Waals surface area contributed by atoms with E-state index < -0.39 is 5.97 Å². The molecule has 28 heavy (non-hydrogen) atoms. The van der Waals surface area contributed by atoms with Crippen LogP contribution in [0.5, 0.6) is 0 Å². The molecule has 0 unspecified atom stereocenters. The number of carbonyl (C=O) groups excluding carboxylic acids is 2. The van der Waals surface area contributed by atoms with E-state index in [0.717, 1.165) is 48.3 Å². The summed E-state index contributed by atoms with van der Waals surface area (Å²) in [4.78, 5) is 24.8. The van der Waals surface area contributed by atoms with Gasteiger partial charge in [-0.2, -0.15) is 5.26 Å². The van der Waals surface area contributed by atoms with E-state index in [2.05, 4.69) is 5.32 Å². The summed E-state index contributed by atoms with van der Waals surface area (Å²) >= 11 is 0. The summed E-state index contributed by atoms with van der Waals surface area (Å²) in [5.41, 5.74) is 1.27. The van der Waals surface area contributed by atoms with Gasteiger partial charge in [0.2, 0.25) is 5.91 Å². The summed E-state index contributed by atoms with van der Waals surface area (Å²) < 4.78 is 4.87. The number of hydrogen-bond acceptors (Lipinski definition) is 4. The maximum Gasteiger partial charge on any atom is 0.348 e. The lowest BCUT2D eigenvalue weighted by atomic mass is 9.49. The van der Waals surface area contributed by atoms with E-state index in [1.54, 1.807) is 19.1 Å². The highest BCUT2D eigenvalue weighted by Crippen LogP contribution is 2.60. The van der Waals surface area contributed by atoms with Gasteiger partial charge in [-0.25, -0.2) is 4.79 Å². The molecule has 1 N–H and O–H groups in total. The van der Waals surface area contributed by atoms with E-state index in [0.29, 0.717) is 0 Å². The second kappa shape index (κ2) is 7.43. The van der Waals surface area contributed by atoms with Crippen molar-refractivity contribution in [2.75, 3.05) is 11.9 Å². The lowest BCUT2D eigenvalue weighted by Crippen LogP contribution is -2.51. The van der Waals surface area contributed by atoms with E-state index in [-0.39, 0.29) is 23.5 Å². The van der Waals surface area contributed by atoms with Crippen LogP contribution in [0.4, 0.5) is 5.69 Å². The molecule has 0 heterocycles. The van der Waals surface area contributed by atoms with Crippen molar-refractivity contribution in [3.05, 3.63) is 35.4 Å². The number of anilines is 1. The molecule has 0 atom stereocenters. The Morgan fingerprint density at radius 3 is 2.21 bits per heavy atom. The standard InChI is InChI=1S/C23H26N2O3/c1-2-28-21(26)19(14-24)10-15-3-5-20(6-4-15)25-22(27)23-11-16-7-17(12-23)9-18(8-16)13-23/h3-6,10,16-18H,2,7-9,11-13H2,1H3,(H,25,27)/b19-10+. The fourth-order valence-corrected chi connectivity index (χ4v) is 5.83. The quantitative estimate of drug-likeness (QED) is 0.470. The fraction of sp³-hybridized carbons (Fsp3) is 0.522. The van der Waals surface area contributed by atoms with Crippen LogP contribution in [-0.2, 0) is 14.3 Å². The van der Waals surface area contributed by atoms with Gasteiger partial charge in [0.25, 0.3) is 0 Å². The number of amides is 1. The number of rotatable bonds is 5. The van der Waals surface area contributed by atoms with Gasteiger partial charge in [-0.05, 0) is 87.0 Å². The van der Waals surface area contributed by atoms with Gasteiger partial charge >= 0.3 is 5.97 Å². The molecule has 1 aromatic rings. The van der Waals surface area contributed by atoms with E-state index in [1.807, 2.05) is 18.2 Å². The summed E-state index contributed by atoms with van der Waals surface area (Å²) in [5.74, 6) is 1.74. The predicted molar refractivity (Wildman–Crippen MR) is 106 cm³/mol. The first-order chi connectivity index (χ1) is 13.5. The molecule has 0 aromatic heterocycles. The third kappa shape index (κ3) is 3.56. The second-order valence-corrected chi connectivity index (χ2v) is 8.66. The molecule has 4 bridgehead atoms. The first-order valence-corrected chi connectivity index (χ1v) is 10.2. The highest BCUT2D eigenvalue weighted by atomic mass is 16.5. The monoisotopic (exact) mass is 378 g/mol. The van der Waals surface area contributed by atoms with Crippen LogP contribution in [-0.4, -0.2) is 18.5 Å². The van der Waals surface area contributed by atoms with E-state index in [9.17, 15) is 9.59 Å². The van der Waals surface area contributed by atoms with E-state index in [1.165, 1.54) is 25.3 Å². The zero-order valence-corrected chi connectivity index (χ0v) is 16.2. The molecule has 0 aliphatic heterocycles. The van der Waals surface area contributed by atoms with Crippen molar-refractivity contribution in [3.8, 4) is 6.07 Å². The van der Waals surface area contributed by atoms with Crippen molar-refractivity contribution in [1.29, 1.82) is 5.26 Å². The van der Waals surface area contributed by atoms with Gasteiger partial charge in [0.15, 0.2) is 0 Å². The topological polar surface area (TPSA) is 79.2 Å². The van der Waals surface area contributed by atoms with Crippen LogP contribution in [0.1, 0.15) is 51.0 Å². The van der Waals surface area contributed by atoms with Gasteiger partial charge in [0.05, 0.1) is 12.0 Å². The molecule has 5 nitrogen and oxygen atoms in total. The SMILES string of the molecule is CCOC(=O)/C(C#N)=C/c1ccc(NC(=O)C23CC4CC(CC(C4)C2)C3)cc1. The van der Waals surface area contributed by atoms with Gasteiger partial charge in [-0.1, -0.05) is 12.1 Å². The molecule has 4 fully saturated rings. The molecule has 1 aromatic carbocycles. The maximum absolute atomic E-state index is 13.1. The minimum Gasteiger partial charge on any atom is -0.462 e. The van der Waals surface area contributed by atoms with Gasteiger partial charge in [0, 0.05) is 5.69 Å². The molecule has 4 aliphatic carbocycles. The molecule has 0 radical (unpaired) electrons. The van der Waals surface area contributed by atoms with Gasteiger partial charge in [-0.15, -0.1) is 0 Å². The number of carbonyl (C=O) groups is 2. The van der Waals surface area contributed by atoms with Crippen molar-refractivity contribution < 1.29 is 14.3 Å². The van der Waals surface area contributed by atoms with Crippen LogP contribution < -0.4 is 5.32 Å². The van der Waals surface area contributed by atoms with Crippen LogP contribution >= 0.6 is 0 Å². The van der Waals surface area contributed by atoms with Crippen LogP contribution in [0.3, 0.4) is 0 Å². The van der Waals surface area contributed by atoms with Crippen LogP contribution in [0.2, 0.25) is 0 Å². The molecule has 1 amide bonds. The maximum atomic E-state index is 13.1. The van der Waals surface area contributed by atoms with Crippen molar-refractivity contribution in [1.82, 2.24) is 0 Å². The zero-order valence-electron chi connectivity index (χ0n) is 16.2. The number of nitrogens with zero attached hydrogens (tertiary/aromatic N) is 1. The van der Waals surface area contributed by atoms with Crippen LogP contribution in [0.15, 0.2) is 29.8 Å². The smallest absolute Gasteiger partial charge is 0.348 e. The van der Waals surface area contributed by atoms with Crippen molar-refractivity contribution in [3.63, 3.8) is 0 Å². The lowest BCUT2D eigenvalue weighted by molar-refractivity contribution is -0.140. The van der Waals surface area contributed by atoms with Gasteiger partial charge in [0.1, 0.15) is 11.6 Å². The first kappa shape index (κ1) is 18.7. The third-order valence-corrected chi connectivity index (χ3v) is 6.62. The molecule has 5 rings (SSSR count). The summed E-state index contributed by atoms with van der Waals surface area (Å²) in [6.07, 6.45) is 8.56. The average molecular weight is 378 g/mol. The Hall–Kier alpha value is -2.61. The predicted octanol–water partition coefficient (Wildman–Crippen LogP) is 4.31. The molecule has 0 spiro atoms. The number of nitrogens with one attached hydrogen (secondary N) is 1. The summed E-state index contributed by atoms with van der Waals surface area (Å²) in [7, 11) is 0. The molecular formula is C23H26N2O3. The summed E-state index contributed by atoms with van der Waals surface area (Å²) in [6.45, 7) is 1.93. The van der Waals surface area contributed by atoms with E-state index in [4.69, 9.17) is 10.00 Å². The Kier molecular flexibility index (Phi) is 4.97. The van der Waals surface area contributed by atoms with Crippen molar-refractivity contribution in [2.45, 2.75) is 45.4 Å².